The molecule has 2 heteroatoms. The first-order valence-electron chi connectivity index (χ1n) is 4.31. The van der Waals surface area contributed by atoms with Crippen molar-refractivity contribution in [1.82, 2.24) is 0 Å². The van der Waals surface area contributed by atoms with Crippen LogP contribution in [0.3, 0.4) is 0 Å². The van der Waals surface area contributed by atoms with E-state index < -0.39 is 0 Å². The Kier molecular flexibility index (Phi) is 4.71. The molecule has 0 aromatic heterocycles. The molecular weight excluding hydrogens is 174 g/mol. The minimum Gasteiger partial charge on any atom is -0.0730 e. The van der Waals surface area contributed by atoms with Crippen LogP contribution in [0.5, 0.6) is 0 Å². The highest BCUT2D eigenvalue weighted by Gasteiger charge is 2.20. The molecular formula is C11H17BP. The van der Waals surface area contributed by atoms with Crippen LogP contribution in [0.2, 0.25) is 0 Å². The summed E-state index contributed by atoms with van der Waals surface area (Å²) in [7, 11) is -0.0167. The lowest BCUT2D eigenvalue weighted by molar-refractivity contribution is 0.791. The molecule has 0 fully saturated rings. The van der Waals surface area contributed by atoms with Gasteiger partial charge in [-0.2, -0.15) is 0 Å². The molecule has 0 N–H and O–H groups in total. The monoisotopic (exact) mass is 191 g/mol. The van der Waals surface area contributed by atoms with Crippen molar-refractivity contribution in [3.63, 3.8) is 0 Å². The summed E-state index contributed by atoms with van der Waals surface area (Å²) in [6.45, 7) is 9.29. The van der Waals surface area contributed by atoms with Gasteiger partial charge in [-0.05, 0) is 17.1 Å². The van der Waals surface area contributed by atoms with Crippen molar-refractivity contribution in [3.8, 4) is 0 Å². The van der Waals surface area contributed by atoms with E-state index in [9.17, 15) is 0 Å². The van der Waals surface area contributed by atoms with Crippen LogP contribution < -0.4 is 5.30 Å². The van der Waals surface area contributed by atoms with Gasteiger partial charge in [-0.3, -0.25) is 0 Å². The minimum atomic E-state index is -0.0167. The molecule has 0 aliphatic heterocycles. The zero-order valence-electron chi connectivity index (χ0n) is 8.91. The van der Waals surface area contributed by atoms with Gasteiger partial charge in [0.15, 0.2) is 0 Å². The van der Waals surface area contributed by atoms with E-state index in [2.05, 4.69) is 57.8 Å². The van der Waals surface area contributed by atoms with Crippen molar-refractivity contribution in [1.29, 1.82) is 0 Å². The van der Waals surface area contributed by atoms with E-state index in [1.54, 1.807) is 0 Å². The van der Waals surface area contributed by atoms with Gasteiger partial charge >= 0.3 is 0 Å². The van der Waals surface area contributed by atoms with Gasteiger partial charge in [0, 0.05) is 8.41 Å². The molecule has 1 atom stereocenters. The second kappa shape index (κ2) is 4.81. The molecule has 0 aliphatic carbocycles. The lowest BCUT2D eigenvalue weighted by Crippen LogP contribution is -2.17. The highest BCUT2D eigenvalue weighted by atomic mass is 31.1. The van der Waals surface area contributed by atoms with Crippen LogP contribution in [0.15, 0.2) is 30.3 Å². The molecule has 3 radical (unpaired) electrons. The summed E-state index contributed by atoms with van der Waals surface area (Å²) in [5, 5.41) is 1.93. The maximum Gasteiger partial charge on any atom is 0 e. The SMILES string of the molecule is C[P@@](c1ccccc1)C(C)(C)C.[B]. The van der Waals surface area contributed by atoms with E-state index in [1.807, 2.05) is 0 Å². The maximum absolute atomic E-state index is 2.35. The minimum absolute atomic E-state index is 0. The van der Waals surface area contributed by atoms with Gasteiger partial charge in [-0.15, -0.1) is 0 Å². The molecule has 1 aromatic carbocycles. The fourth-order valence-electron chi connectivity index (χ4n) is 1.04. The van der Waals surface area contributed by atoms with E-state index in [0.717, 1.165) is 0 Å². The molecule has 0 aliphatic rings. The van der Waals surface area contributed by atoms with Crippen molar-refractivity contribution in [2.75, 3.05) is 6.66 Å². The smallest absolute Gasteiger partial charge is 0 e. The van der Waals surface area contributed by atoms with Crippen molar-refractivity contribution >= 4 is 21.6 Å². The molecule has 0 saturated heterocycles. The normalized spacial score (nSPS) is 13.2. The van der Waals surface area contributed by atoms with E-state index >= 15 is 0 Å². The molecule has 1 aromatic rings. The first-order chi connectivity index (χ1) is 5.52. The molecule has 0 bridgehead atoms. The summed E-state index contributed by atoms with van der Waals surface area (Å²) in [6, 6.07) is 10.8. The number of benzene rings is 1. The molecule has 1 rings (SSSR count). The quantitative estimate of drug-likeness (QED) is 0.472. The Hall–Kier alpha value is -0.285. The first kappa shape index (κ1) is 12.7. The molecule has 0 spiro atoms. The summed E-state index contributed by atoms with van der Waals surface area (Å²) >= 11 is 0. The Balaban J connectivity index is 0.00000144. The fourth-order valence-corrected chi connectivity index (χ4v) is 2.43. The largest absolute Gasteiger partial charge is 0.0730 e. The zero-order valence-corrected chi connectivity index (χ0v) is 9.81. The summed E-state index contributed by atoms with van der Waals surface area (Å²) in [4.78, 5) is 0. The summed E-state index contributed by atoms with van der Waals surface area (Å²) < 4.78 is 0. The summed E-state index contributed by atoms with van der Waals surface area (Å²) in [5.41, 5.74) is 0. The second-order valence-corrected chi connectivity index (χ2v) is 7.04. The van der Waals surface area contributed by atoms with Crippen LogP contribution in [0.25, 0.3) is 0 Å². The van der Waals surface area contributed by atoms with Gasteiger partial charge < -0.3 is 0 Å². The maximum atomic E-state index is 2.35. The van der Waals surface area contributed by atoms with Crippen molar-refractivity contribution in [2.45, 2.75) is 25.9 Å². The average molecular weight is 191 g/mol. The van der Waals surface area contributed by atoms with Crippen LogP contribution in [0.1, 0.15) is 20.8 Å². The Morgan fingerprint density at radius 3 is 1.85 bits per heavy atom. The van der Waals surface area contributed by atoms with Gasteiger partial charge in [0.1, 0.15) is 0 Å². The lowest BCUT2D eigenvalue weighted by Gasteiger charge is -2.28. The third-order valence-electron chi connectivity index (χ3n) is 2.15. The van der Waals surface area contributed by atoms with Crippen LogP contribution in [0, 0.1) is 0 Å². The van der Waals surface area contributed by atoms with E-state index in [-0.39, 0.29) is 16.3 Å². The van der Waals surface area contributed by atoms with Gasteiger partial charge in [0.05, 0.1) is 0 Å². The Labute approximate surface area is 85.1 Å². The Bertz CT molecular complexity index is 238. The zero-order chi connectivity index (χ0) is 9.19. The van der Waals surface area contributed by atoms with Crippen molar-refractivity contribution in [2.24, 2.45) is 0 Å². The van der Waals surface area contributed by atoms with Crippen molar-refractivity contribution in [3.05, 3.63) is 30.3 Å². The number of rotatable bonds is 1. The third-order valence-corrected chi connectivity index (χ3v) is 5.23. The third kappa shape index (κ3) is 3.52. The van der Waals surface area contributed by atoms with Crippen LogP contribution in [0.4, 0.5) is 0 Å². The Morgan fingerprint density at radius 1 is 1.00 bits per heavy atom. The van der Waals surface area contributed by atoms with Crippen molar-refractivity contribution < 1.29 is 0 Å². The first-order valence-corrected chi connectivity index (χ1v) is 6.09. The van der Waals surface area contributed by atoms with E-state index in [4.69, 9.17) is 0 Å². The second-order valence-electron chi connectivity index (χ2n) is 4.07. The summed E-state index contributed by atoms with van der Waals surface area (Å²) in [5.74, 6) is 0. The molecule has 0 saturated carbocycles. The van der Waals surface area contributed by atoms with Gasteiger partial charge in [-0.1, -0.05) is 59.0 Å². The van der Waals surface area contributed by atoms with Crippen LogP contribution in [-0.2, 0) is 0 Å². The Morgan fingerprint density at radius 2 is 1.46 bits per heavy atom. The topological polar surface area (TPSA) is 0 Å². The molecule has 0 nitrogen and oxygen atoms in total. The van der Waals surface area contributed by atoms with Crippen LogP contribution >= 0.6 is 7.92 Å². The van der Waals surface area contributed by atoms with Gasteiger partial charge in [0.25, 0.3) is 0 Å². The summed E-state index contributed by atoms with van der Waals surface area (Å²) in [6.07, 6.45) is 0. The fraction of sp³-hybridized carbons (Fsp3) is 0.455. The highest BCUT2D eigenvalue weighted by Crippen LogP contribution is 2.44. The molecule has 0 amide bonds. The van der Waals surface area contributed by atoms with E-state index in [1.165, 1.54) is 5.30 Å². The average Bonchev–Trinajstić information content (AvgIpc) is 2.03. The van der Waals surface area contributed by atoms with Gasteiger partial charge in [-0.25, -0.2) is 0 Å². The van der Waals surface area contributed by atoms with E-state index in [0.29, 0.717) is 5.16 Å². The molecule has 69 valence electrons. The highest BCUT2D eigenvalue weighted by molar-refractivity contribution is 7.66. The molecule has 0 heterocycles. The van der Waals surface area contributed by atoms with Gasteiger partial charge in [0.2, 0.25) is 0 Å². The molecule has 0 unspecified atom stereocenters. The standard InChI is InChI=1S/C11H17P.B/c1-11(2,3)12(4)10-8-6-5-7-9-10;/h5-9H,1-4H3;/t12-;/m0./s1. The molecule has 13 heavy (non-hydrogen) atoms. The number of hydrogen-bond donors (Lipinski definition) is 0. The lowest BCUT2D eigenvalue weighted by atomic mass is 10.3. The van der Waals surface area contributed by atoms with Crippen LogP contribution in [-0.4, -0.2) is 20.2 Å². The predicted octanol–water partition coefficient (Wildman–Crippen LogP) is 2.84. The predicted molar refractivity (Wildman–Crippen MR) is 64.4 cm³/mol. The number of hydrogen-bond acceptors (Lipinski definition) is 0.